The number of anilines is 1. The average Bonchev–Trinajstić information content (AvgIpc) is 3.03. The first kappa shape index (κ1) is 24.0. The lowest BCUT2D eigenvalue weighted by molar-refractivity contribution is -0.376. The molecular weight excluding hydrogens is 416 g/mol. The van der Waals surface area contributed by atoms with Crippen molar-refractivity contribution in [3.63, 3.8) is 0 Å². The highest BCUT2D eigenvalue weighted by Crippen LogP contribution is 2.50. The van der Waals surface area contributed by atoms with E-state index in [-0.39, 0.29) is 17.5 Å². The fourth-order valence-corrected chi connectivity index (χ4v) is 2.74. The van der Waals surface area contributed by atoms with E-state index in [9.17, 15) is 31.4 Å². The highest BCUT2D eigenvalue weighted by atomic mass is 19.4. The molecule has 11 heteroatoms. The van der Waals surface area contributed by atoms with Gasteiger partial charge in [-0.25, -0.2) is 10.5 Å². The van der Waals surface area contributed by atoms with Gasteiger partial charge in [-0.15, -0.1) is 0 Å². The highest BCUT2D eigenvalue weighted by Gasteiger charge is 2.71. The molecular formula is C19H23F6N3O2. The lowest BCUT2D eigenvalue weighted by atomic mass is 9.92. The van der Waals surface area contributed by atoms with Crippen molar-refractivity contribution in [1.82, 2.24) is 9.55 Å². The van der Waals surface area contributed by atoms with Crippen LogP contribution in [0.5, 0.6) is 0 Å². The smallest absolute Gasteiger partial charge is 0.369 e. The van der Waals surface area contributed by atoms with Gasteiger partial charge < -0.3 is 5.11 Å². The molecule has 0 aliphatic rings. The Morgan fingerprint density at radius 1 is 1.00 bits per heavy atom. The van der Waals surface area contributed by atoms with Crippen LogP contribution in [0.1, 0.15) is 45.0 Å². The van der Waals surface area contributed by atoms with Crippen LogP contribution in [0.2, 0.25) is 0 Å². The van der Waals surface area contributed by atoms with Gasteiger partial charge in [0.1, 0.15) is 5.82 Å². The second-order valence-corrected chi connectivity index (χ2v) is 7.55. The third kappa shape index (κ3) is 4.56. The number of rotatable bonds is 7. The minimum Gasteiger partial charge on any atom is -0.369 e. The van der Waals surface area contributed by atoms with Crippen molar-refractivity contribution in [1.29, 1.82) is 0 Å². The molecule has 0 fully saturated rings. The van der Waals surface area contributed by atoms with Gasteiger partial charge in [0.15, 0.2) is 5.82 Å². The lowest BCUT2D eigenvalue weighted by Gasteiger charge is -2.32. The van der Waals surface area contributed by atoms with Crippen molar-refractivity contribution in [3.05, 3.63) is 41.9 Å². The van der Waals surface area contributed by atoms with E-state index in [0.29, 0.717) is 30.4 Å². The Morgan fingerprint density at radius 3 is 1.97 bits per heavy atom. The maximum Gasteiger partial charge on any atom is 0.430 e. The van der Waals surface area contributed by atoms with Gasteiger partial charge in [0, 0.05) is 17.2 Å². The minimum absolute atomic E-state index is 0.104. The molecule has 0 atom stereocenters. The van der Waals surface area contributed by atoms with Gasteiger partial charge in [0.2, 0.25) is 0 Å². The SMILES string of the molecule is CC(C)CONc1cnc(C(C)C)n1-c1ccc(C(O)(C(F)(F)F)C(F)(F)F)cc1. The summed E-state index contributed by atoms with van der Waals surface area (Å²) in [4.78, 5) is 9.61. The van der Waals surface area contributed by atoms with E-state index in [1.807, 2.05) is 27.7 Å². The van der Waals surface area contributed by atoms with Gasteiger partial charge in [0.25, 0.3) is 5.60 Å². The minimum atomic E-state index is -5.94. The number of nitrogens with one attached hydrogen (secondary N) is 1. The number of imidazole rings is 1. The molecule has 0 spiro atoms. The fraction of sp³-hybridized carbons (Fsp3) is 0.526. The summed E-state index contributed by atoms with van der Waals surface area (Å²) in [5.41, 5.74) is -3.35. The third-order valence-electron chi connectivity index (χ3n) is 4.26. The quantitative estimate of drug-likeness (QED) is 0.454. The summed E-state index contributed by atoms with van der Waals surface area (Å²) in [6, 6.07) is 3.30. The van der Waals surface area contributed by atoms with E-state index in [1.165, 1.54) is 10.8 Å². The zero-order chi connectivity index (χ0) is 22.9. The van der Waals surface area contributed by atoms with Crippen molar-refractivity contribution >= 4 is 5.82 Å². The molecule has 168 valence electrons. The summed E-state index contributed by atoms with van der Waals surface area (Å²) >= 11 is 0. The Morgan fingerprint density at radius 2 is 1.53 bits per heavy atom. The zero-order valence-corrected chi connectivity index (χ0v) is 16.8. The van der Waals surface area contributed by atoms with Gasteiger partial charge in [-0.2, -0.15) is 26.3 Å². The number of benzene rings is 1. The Labute approximate surface area is 169 Å². The average molecular weight is 439 g/mol. The van der Waals surface area contributed by atoms with Crippen LogP contribution in [0, 0.1) is 5.92 Å². The summed E-state index contributed by atoms with van der Waals surface area (Å²) in [7, 11) is 0. The second-order valence-electron chi connectivity index (χ2n) is 7.55. The Hall–Kier alpha value is -2.27. The van der Waals surface area contributed by atoms with Gasteiger partial charge >= 0.3 is 12.4 Å². The molecule has 0 saturated heterocycles. The summed E-state index contributed by atoms with van der Waals surface area (Å²) in [5.74, 6) is 0.988. The highest BCUT2D eigenvalue weighted by molar-refractivity contribution is 5.48. The van der Waals surface area contributed by atoms with Crippen LogP contribution in [0.15, 0.2) is 30.5 Å². The summed E-state index contributed by atoms with van der Waals surface area (Å²) in [6.45, 7) is 7.89. The fourth-order valence-electron chi connectivity index (χ4n) is 2.74. The summed E-state index contributed by atoms with van der Waals surface area (Å²) < 4.78 is 80.0. The van der Waals surface area contributed by atoms with E-state index >= 15 is 0 Å². The number of nitrogens with zero attached hydrogens (tertiary/aromatic N) is 2. The van der Waals surface area contributed by atoms with E-state index < -0.39 is 23.5 Å². The molecule has 2 aromatic rings. The summed E-state index contributed by atoms with van der Waals surface area (Å²) in [6.07, 6.45) is -10.4. The number of aromatic nitrogens is 2. The standard InChI is InChI=1S/C19H23F6N3O2/c1-11(2)10-30-27-15-9-26-16(12(3)4)28(15)14-7-5-13(6-8-14)17(29,18(20,21)22)19(23,24)25/h5-9,11-12,27,29H,10H2,1-4H3. The Bertz CT molecular complexity index is 827. The second kappa shape index (κ2) is 8.46. The predicted molar refractivity (Wildman–Crippen MR) is 98.1 cm³/mol. The topological polar surface area (TPSA) is 59.3 Å². The normalized spacial score (nSPS) is 13.4. The van der Waals surface area contributed by atoms with Crippen LogP contribution < -0.4 is 5.48 Å². The van der Waals surface area contributed by atoms with Crippen LogP contribution in [0.4, 0.5) is 32.2 Å². The predicted octanol–water partition coefficient (Wildman–Crippen LogP) is 5.31. The van der Waals surface area contributed by atoms with Crippen LogP contribution in [0.25, 0.3) is 5.69 Å². The molecule has 0 saturated carbocycles. The molecule has 0 aliphatic carbocycles. The van der Waals surface area contributed by atoms with Crippen molar-refractivity contribution in [2.75, 3.05) is 12.1 Å². The maximum absolute atomic E-state index is 13.1. The van der Waals surface area contributed by atoms with E-state index in [0.717, 1.165) is 12.1 Å². The molecule has 2 N–H and O–H groups in total. The molecule has 0 amide bonds. The molecule has 1 aromatic carbocycles. The molecule has 0 radical (unpaired) electrons. The molecule has 0 unspecified atom stereocenters. The zero-order valence-electron chi connectivity index (χ0n) is 16.8. The number of aliphatic hydroxyl groups is 1. The molecule has 5 nitrogen and oxygen atoms in total. The number of hydrogen-bond acceptors (Lipinski definition) is 4. The number of hydrogen-bond donors (Lipinski definition) is 2. The van der Waals surface area contributed by atoms with Crippen molar-refractivity contribution in [3.8, 4) is 5.69 Å². The molecule has 30 heavy (non-hydrogen) atoms. The Kier molecular flexibility index (Phi) is 6.77. The molecule has 0 aliphatic heterocycles. The lowest BCUT2D eigenvalue weighted by Crippen LogP contribution is -2.53. The molecule has 1 aromatic heterocycles. The third-order valence-corrected chi connectivity index (χ3v) is 4.26. The van der Waals surface area contributed by atoms with Gasteiger partial charge in [-0.05, 0) is 18.1 Å². The first-order chi connectivity index (χ1) is 13.7. The first-order valence-electron chi connectivity index (χ1n) is 9.12. The van der Waals surface area contributed by atoms with Gasteiger partial charge in [-0.1, -0.05) is 39.8 Å². The van der Waals surface area contributed by atoms with Crippen LogP contribution in [-0.2, 0) is 10.4 Å². The molecule has 2 rings (SSSR count). The van der Waals surface area contributed by atoms with Crippen molar-refractivity contribution in [2.24, 2.45) is 5.92 Å². The largest absolute Gasteiger partial charge is 0.430 e. The number of halogens is 6. The van der Waals surface area contributed by atoms with E-state index in [2.05, 4.69) is 10.5 Å². The van der Waals surface area contributed by atoms with Gasteiger partial charge in [0.05, 0.1) is 12.8 Å². The first-order valence-corrected chi connectivity index (χ1v) is 9.12. The van der Waals surface area contributed by atoms with Crippen LogP contribution in [0.3, 0.4) is 0 Å². The Balaban J connectivity index is 2.48. The van der Waals surface area contributed by atoms with Crippen LogP contribution in [-0.4, -0.2) is 33.6 Å². The molecule has 0 bridgehead atoms. The van der Waals surface area contributed by atoms with Gasteiger partial charge in [-0.3, -0.25) is 9.40 Å². The van der Waals surface area contributed by atoms with Crippen molar-refractivity contribution in [2.45, 2.75) is 51.6 Å². The number of alkyl halides is 6. The van der Waals surface area contributed by atoms with E-state index in [1.54, 1.807) is 0 Å². The van der Waals surface area contributed by atoms with E-state index in [4.69, 9.17) is 4.84 Å². The summed E-state index contributed by atoms with van der Waals surface area (Å²) in [5, 5.41) is 9.54. The molecule has 1 heterocycles. The maximum atomic E-state index is 13.1. The van der Waals surface area contributed by atoms with Crippen LogP contribution >= 0.6 is 0 Å². The monoisotopic (exact) mass is 439 g/mol. The van der Waals surface area contributed by atoms with Crippen molar-refractivity contribution < 1.29 is 36.3 Å².